The summed E-state index contributed by atoms with van der Waals surface area (Å²) >= 11 is 0. The number of nitrogens with one attached hydrogen (secondary N) is 2. The van der Waals surface area contributed by atoms with Gasteiger partial charge in [-0.3, -0.25) is 10.2 Å². The highest BCUT2D eigenvalue weighted by Gasteiger charge is 2.09. The number of benzene rings is 1. The first-order chi connectivity index (χ1) is 9.25. The van der Waals surface area contributed by atoms with E-state index in [0.29, 0.717) is 16.7 Å². The topological polar surface area (TPSA) is 87.4 Å². The maximum atomic E-state index is 12.1. The van der Waals surface area contributed by atoms with Crippen LogP contribution in [0.3, 0.4) is 0 Å². The van der Waals surface area contributed by atoms with Crippen LogP contribution < -0.4 is 5.49 Å². The smallest absolute Gasteiger partial charge is 0.182 e. The largest absolute Gasteiger partial charge is 0.340 e. The summed E-state index contributed by atoms with van der Waals surface area (Å²) in [5, 5.41) is 7.64. The fourth-order valence-corrected chi connectivity index (χ4v) is 1.91. The third-order valence-corrected chi connectivity index (χ3v) is 2.86. The first-order valence-electron chi connectivity index (χ1n) is 5.77. The molecule has 0 saturated carbocycles. The zero-order valence-electron chi connectivity index (χ0n) is 10.00. The lowest BCUT2D eigenvalue weighted by atomic mass is 10.1. The molecular formula is C13H11N5O. The summed E-state index contributed by atoms with van der Waals surface area (Å²) in [5.41, 5.74) is 1.86. The number of ketones is 1. The molecule has 0 aliphatic carbocycles. The van der Waals surface area contributed by atoms with Crippen LogP contribution in [0.25, 0.3) is 11.2 Å². The van der Waals surface area contributed by atoms with Gasteiger partial charge in [-0.2, -0.15) is 0 Å². The number of rotatable bonds is 3. The Hall–Kier alpha value is -2.76. The number of aromatic amines is 1. The summed E-state index contributed by atoms with van der Waals surface area (Å²) in [6.07, 6.45) is 2.96. The minimum Gasteiger partial charge on any atom is -0.340 e. The van der Waals surface area contributed by atoms with Crippen LogP contribution in [0.4, 0.5) is 0 Å². The van der Waals surface area contributed by atoms with Crippen LogP contribution in [0, 0.1) is 5.41 Å². The molecule has 0 saturated heterocycles. The van der Waals surface area contributed by atoms with Gasteiger partial charge in [0.1, 0.15) is 5.52 Å². The monoisotopic (exact) mass is 253 g/mol. The number of hydrogen-bond acceptors (Lipinski definition) is 4. The fourth-order valence-electron chi connectivity index (χ4n) is 1.91. The van der Waals surface area contributed by atoms with Crippen LogP contribution in [-0.4, -0.2) is 25.3 Å². The van der Waals surface area contributed by atoms with E-state index in [9.17, 15) is 4.79 Å². The first-order valence-corrected chi connectivity index (χ1v) is 5.77. The van der Waals surface area contributed by atoms with E-state index in [0.717, 1.165) is 0 Å². The molecular weight excluding hydrogens is 242 g/mol. The Morgan fingerprint density at radius 3 is 2.84 bits per heavy atom. The Bertz CT molecular complexity index is 787. The molecule has 94 valence electrons. The zero-order valence-corrected chi connectivity index (χ0v) is 10.00. The lowest BCUT2D eigenvalue weighted by molar-refractivity contribution is 0.0973. The zero-order chi connectivity index (χ0) is 13.2. The molecule has 0 aliphatic rings. The summed E-state index contributed by atoms with van der Waals surface area (Å²) in [6, 6.07) is 9.07. The number of Topliss-reactive ketones (excluding diaryl/α,β-unsaturated/α-hetero) is 1. The van der Waals surface area contributed by atoms with Crippen molar-refractivity contribution in [2.75, 3.05) is 0 Å². The standard InChI is InChI=1S/C13H11N5O/c14-12-11-13(16-7-15-11)18(8-17-12)6-10(19)9-4-2-1-3-5-9/h1-5,7-8,14H,6H2,(H,15,16). The summed E-state index contributed by atoms with van der Waals surface area (Å²) in [6.45, 7) is 0.151. The summed E-state index contributed by atoms with van der Waals surface area (Å²) in [5.74, 6) is -0.0190. The molecule has 0 atom stereocenters. The Morgan fingerprint density at radius 1 is 1.26 bits per heavy atom. The SMILES string of the molecule is N=c1ncn(CC(=O)c2ccccc2)c2nc[nH]c12. The molecule has 2 aromatic heterocycles. The van der Waals surface area contributed by atoms with E-state index >= 15 is 0 Å². The van der Waals surface area contributed by atoms with E-state index in [4.69, 9.17) is 5.41 Å². The molecule has 0 radical (unpaired) electrons. The normalized spacial score (nSPS) is 10.7. The minimum atomic E-state index is -0.0190. The summed E-state index contributed by atoms with van der Waals surface area (Å²) in [7, 11) is 0. The van der Waals surface area contributed by atoms with E-state index in [1.165, 1.54) is 12.7 Å². The van der Waals surface area contributed by atoms with Gasteiger partial charge in [0.2, 0.25) is 0 Å². The Balaban J connectivity index is 1.98. The van der Waals surface area contributed by atoms with Crippen molar-refractivity contribution >= 4 is 16.9 Å². The molecule has 2 N–H and O–H groups in total. The molecule has 0 bridgehead atoms. The highest BCUT2D eigenvalue weighted by Crippen LogP contribution is 2.06. The quantitative estimate of drug-likeness (QED) is 0.686. The van der Waals surface area contributed by atoms with Crippen LogP contribution in [0.5, 0.6) is 0 Å². The van der Waals surface area contributed by atoms with Crippen molar-refractivity contribution in [3.05, 3.63) is 54.0 Å². The van der Waals surface area contributed by atoms with Crippen molar-refractivity contribution in [1.82, 2.24) is 19.5 Å². The van der Waals surface area contributed by atoms with Crippen molar-refractivity contribution in [3.8, 4) is 0 Å². The molecule has 1 aromatic carbocycles. The van der Waals surface area contributed by atoms with Gasteiger partial charge >= 0.3 is 0 Å². The van der Waals surface area contributed by atoms with Crippen LogP contribution in [0.1, 0.15) is 10.4 Å². The number of fused-ring (bicyclic) bond motifs is 1. The molecule has 0 unspecified atom stereocenters. The number of imidazole rings is 1. The van der Waals surface area contributed by atoms with Gasteiger partial charge < -0.3 is 9.55 Å². The van der Waals surface area contributed by atoms with E-state index in [1.807, 2.05) is 18.2 Å². The third-order valence-electron chi connectivity index (χ3n) is 2.86. The first kappa shape index (κ1) is 11.3. The average molecular weight is 253 g/mol. The van der Waals surface area contributed by atoms with Gasteiger partial charge in [-0.25, -0.2) is 9.97 Å². The molecule has 6 nitrogen and oxygen atoms in total. The Kier molecular flexibility index (Phi) is 2.68. The van der Waals surface area contributed by atoms with Crippen molar-refractivity contribution in [1.29, 1.82) is 5.41 Å². The summed E-state index contributed by atoms with van der Waals surface area (Å²) in [4.78, 5) is 23.0. The second-order valence-electron chi connectivity index (χ2n) is 4.11. The molecule has 19 heavy (non-hydrogen) atoms. The van der Waals surface area contributed by atoms with Gasteiger partial charge in [0.15, 0.2) is 16.9 Å². The molecule has 0 aliphatic heterocycles. The highest BCUT2D eigenvalue weighted by molar-refractivity contribution is 5.96. The predicted octanol–water partition coefficient (Wildman–Crippen LogP) is 1.12. The van der Waals surface area contributed by atoms with Gasteiger partial charge in [-0.05, 0) is 0 Å². The Labute approximate surface area is 108 Å². The fraction of sp³-hybridized carbons (Fsp3) is 0.0769. The number of aromatic nitrogens is 4. The number of carbonyl (C=O) groups is 1. The van der Waals surface area contributed by atoms with Gasteiger partial charge in [0.05, 0.1) is 19.2 Å². The van der Waals surface area contributed by atoms with E-state index in [-0.39, 0.29) is 17.8 Å². The molecule has 0 fully saturated rings. The molecule has 0 spiro atoms. The van der Waals surface area contributed by atoms with Crippen LogP contribution >= 0.6 is 0 Å². The second-order valence-corrected chi connectivity index (χ2v) is 4.11. The van der Waals surface area contributed by atoms with Crippen LogP contribution in [0.15, 0.2) is 43.0 Å². The third kappa shape index (κ3) is 2.03. The molecule has 0 amide bonds. The predicted molar refractivity (Wildman–Crippen MR) is 68.5 cm³/mol. The molecule has 6 heteroatoms. The van der Waals surface area contributed by atoms with Crippen molar-refractivity contribution < 1.29 is 4.79 Å². The number of H-pyrrole nitrogens is 1. The second kappa shape index (κ2) is 4.49. The maximum absolute atomic E-state index is 12.1. The Morgan fingerprint density at radius 2 is 2.05 bits per heavy atom. The van der Waals surface area contributed by atoms with Crippen LogP contribution in [0.2, 0.25) is 0 Å². The lowest BCUT2D eigenvalue weighted by Gasteiger charge is -2.06. The van der Waals surface area contributed by atoms with Crippen LogP contribution in [-0.2, 0) is 6.54 Å². The minimum absolute atomic E-state index is 0.0190. The molecule has 3 aromatic rings. The van der Waals surface area contributed by atoms with Gasteiger partial charge in [-0.15, -0.1) is 0 Å². The summed E-state index contributed by atoms with van der Waals surface area (Å²) < 4.78 is 1.64. The van der Waals surface area contributed by atoms with E-state index < -0.39 is 0 Å². The lowest BCUT2D eigenvalue weighted by Crippen LogP contribution is -2.17. The van der Waals surface area contributed by atoms with Crippen molar-refractivity contribution in [2.45, 2.75) is 6.54 Å². The number of hydrogen-bond donors (Lipinski definition) is 2. The molecule has 2 heterocycles. The highest BCUT2D eigenvalue weighted by atomic mass is 16.1. The molecule has 3 rings (SSSR count). The number of nitrogens with zero attached hydrogens (tertiary/aromatic N) is 3. The maximum Gasteiger partial charge on any atom is 0.182 e. The van der Waals surface area contributed by atoms with E-state index in [1.54, 1.807) is 16.7 Å². The van der Waals surface area contributed by atoms with Gasteiger partial charge in [0, 0.05) is 5.56 Å². The van der Waals surface area contributed by atoms with Crippen molar-refractivity contribution in [2.24, 2.45) is 0 Å². The van der Waals surface area contributed by atoms with Gasteiger partial charge in [-0.1, -0.05) is 30.3 Å². The average Bonchev–Trinajstić information content (AvgIpc) is 2.93. The van der Waals surface area contributed by atoms with E-state index in [2.05, 4.69) is 15.0 Å². The number of carbonyl (C=O) groups excluding carboxylic acids is 1. The van der Waals surface area contributed by atoms with Crippen molar-refractivity contribution in [3.63, 3.8) is 0 Å². The van der Waals surface area contributed by atoms with Gasteiger partial charge in [0.25, 0.3) is 0 Å².